The molecule has 0 aromatic heterocycles. The number of amides is 1. The van der Waals surface area contributed by atoms with Crippen molar-refractivity contribution < 1.29 is 27.8 Å². The predicted octanol–water partition coefficient (Wildman–Crippen LogP) is 5.34. The van der Waals surface area contributed by atoms with Crippen molar-refractivity contribution >= 4 is 39.3 Å². The van der Waals surface area contributed by atoms with Crippen LogP contribution < -0.4 is 4.74 Å². The van der Waals surface area contributed by atoms with Crippen LogP contribution in [0, 0.1) is 5.41 Å². The first-order valence-electron chi connectivity index (χ1n) is 11.9. The third-order valence-corrected chi connectivity index (χ3v) is 8.53. The van der Waals surface area contributed by atoms with Crippen LogP contribution in [-0.2, 0) is 21.3 Å². The number of benzene rings is 2. The molecule has 2 aromatic rings. The normalized spacial score (nSPS) is 21.1. The zero-order valence-electron chi connectivity index (χ0n) is 21.6. The molecule has 1 aliphatic heterocycles. The van der Waals surface area contributed by atoms with Gasteiger partial charge in [0.1, 0.15) is 5.75 Å². The van der Waals surface area contributed by atoms with Crippen molar-refractivity contribution in [2.45, 2.75) is 45.4 Å². The van der Waals surface area contributed by atoms with E-state index in [1.165, 1.54) is 9.21 Å². The van der Waals surface area contributed by atoms with Crippen LogP contribution in [0.3, 0.4) is 0 Å². The summed E-state index contributed by atoms with van der Waals surface area (Å²) in [6, 6.07) is 12.3. The number of hydrogen-bond donors (Lipinski definition) is 1. The fraction of sp³-hybridized carbons (Fsp3) is 0.500. The fourth-order valence-electron chi connectivity index (χ4n) is 4.30. The second-order valence-corrected chi connectivity index (χ2v) is 13.2. The summed E-state index contributed by atoms with van der Waals surface area (Å²) in [5.41, 5.74) is 1.10. The van der Waals surface area contributed by atoms with Gasteiger partial charge in [-0.1, -0.05) is 62.2 Å². The van der Waals surface area contributed by atoms with E-state index in [0.717, 1.165) is 17.4 Å². The average Bonchev–Trinajstić information content (AvgIpc) is 3.00. The zero-order valence-corrected chi connectivity index (χ0v) is 24.0. The largest absolute Gasteiger partial charge is 0.497 e. The van der Waals surface area contributed by atoms with Gasteiger partial charge in [-0.15, -0.1) is 0 Å². The van der Waals surface area contributed by atoms with Crippen LogP contribution in [0.5, 0.6) is 5.75 Å². The standard InChI is InChI=1S/C26H34Cl2N2O6S/c1-26(2,3)24-16-29(25(31)32)14-20(18-8-11-21(27)22(28)12-18)23(36-24)15-30(37(5,33)34)13-17-6-9-19(35-4)10-7-17/h6-12,20,23-24H,13-16H2,1-5H3,(H,31,32)/t20-,23+,24-/m1/s1. The first-order chi connectivity index (χ1) is 17.2. The maximum Gasteiger partial charge on any atom is 0.407 e. The summed E-state index contributed by atoms with van der Waals surface area (Å²) in [4.78, 5) is 13.5. The van der Waals surface area contributed by atoms with Gasteiger partial charge in [0.2, 0.25) is 10.0 Å². The van der Waals surface area contributed by atoms with Gasteiger partial charge in [-0.05, 0) is 40.8 Å². The van der Waals surface area contributed by atoms with Crippen molar-refractivity contribution in [2.24, 2.45) is 5.41 Å². The summed E-state index contributed by atoms with van der Waals surface area (Å²) >= 11 is 12.5. The number of carbonyl (C=O) groups is 1. The van der Waals surface area contributed by atoms with Gasteiger partial charge in [-0.3, -0.25) is 0 Å². The minimum absolute atomic E-state index is 0.0236. The third-order valence-electron chi connectivity index (χ3n) is 6.57. The van der Waals surface area contributed by atoms with Gasteiger partial charge in [0.05, 0.1) is 42.2 Å². The van der Waals surface area contributed by atoms with E-state index in [1.807, 2.05) is 32.9 Å². The quantitative estimate of drug-likeness (QED) is 0.481. The molecule has 8 nitrogen and oxygen atoms in total. The van der Waals surface area contributed by atoms with Gasteiger partial charge in [0, 0.05) is 25.6 Å². The van der Waals surface area contributed by atoms with Crippen molar-refractivity contribution in [3.63, 3.8) is 0 Å². The van der Waals surface area contributed by atoms with E-state index in [-0.39, 0.29) is 26.2 Å². The Morgan fingerprint density at radius 1 is 1.14 bits per heavy atom. The highest BCUT2D eigenvalue weighted by Crippen LogP contribution is 2.36. The lowest BCUT2D eigenvalue weighted by Crippen LogP contribution is -2.44. The molecule has 3 atom stereocenters. The van der Waals surface area contributed by atoms with Crippen molar-refractivity contribution in [3.8, 4) is 5.75 Å². The lowest BCUT2D eigenvalue weighted by atomic mass is 9.88. The molecule has 2 aromatic carbocycles. The molecule has 1 heterocycles. The Hall–Kier alpha value is -2.04. The van der Waals surface area contributed by atoms with Gasteiger partial charge in [-0.2, -0.15) is 4.31 Å². The van der Waals surface area contributed by atoms with E-state index in [1.54, 1.807) is 37.4 Å². The molecule has 1 saturated heterocycles. The van der Waals surface area contributed by atoms with Crippen LogP contribution in [0.4, 0.5) is 4.79 Å². The summed E-state index contributed by atoms with van der Waals surface area (Å²) in [6.45, 7) is 6.34. The highest BCUT2D eigenvalue weighted by molar-refractivity contribution is 7.88. The minimum Gasteiger partial charge on any atom is -0.497 e. The molecule has 1 aliphatic rings. The zero-order chi connectivity index (χ0) is 27.5. The van der Waals surface area contributed by atoms with Crippen molar-refractivity contribution in [1.29, 1.82) is 0 Å². The number of methoxy groups -OCH3 is 1. The van der Waals surface area contributed by atoms with Crippen LogP contribution in [0.15, 0.2) is 42.5 Å². The monoisotopic (exact) mass is 572 g/mol. The number of ether oxygens (including phenoxy) is 2. The van der Waals surface area contributed by atoms with Crippen LogP contribution in [0.25, 0.3) is 0 Å². The van der Waals surface area contributed by atoms with Crippen molar-refractivity contribution in [3.05, 3.63) is 63.6 Å². The SMILES string of the molecule is COc1ccc(CN(C[C@@H]2O[C@@H](C(C)(C)C)CN(C(=O)O)C[C@@H]2c2ccc(Cl)c(Cl)c2)S(C)(=O)=O)cc1. The van der Waals surface area contributed by atoms with Crippen LogP contribution in [0.1, 0.15) is 37.8 Å². The molecule has 0 spiro atoms. The van der Waals surface area contributed by atoms with E-state index >= 15 is 0 Å². The van der Waals surface area contributed by atoms with Crippen LogP contribution in [0.2, 0.25) is 10.0 Å². The Kier molecular flexibility index (Phi) is 9.40. The Morgan fingerprint density at radius 3 is 2.30 bits per heavy atom. The second kappa shape index (κ2) is 11.8. The summed E-state index contributed by atoms with van der Waals surface area (Å²) in [5, 5.41) is 10.7. The maximum absolute atomic E-state index is 12.9. The summed E-state index contributed by atoms with van der Waals surface area (Å²) < 4.78 is 39.0. The minimum atomic E-state index is -3.65. The molecule has 0 unspecified atom stereocenters. The molecule has 0 aliphatic carbocycles. The number of hydrogen-bond acceptors (Lipinski definition) is 5. The van der Waals surface area contributed by atoms with Gasteiger partial charge < -0.3 is 19.5 Å². The van der Waals surface area contributed by atoms with Gasteiger partial charge >= 0.3 is 6.09 Å². The van der Waals surface area contributed by atoms with Gasteiger partial charge in [0.15, 0.2) is 0 Å². The Labute approximate surface area is 229 Å². The molecule has 204 valence electrons. The molecule has 1 amide bonds. The van der Waals surface area contributed by atoms with Crippen molar-refractivity contribution in [1.82, 2.24) is 9.21 Å². The topological polar surface area (TPSA) is 96.4 Å². The number of rotatable bonds is 7. The number of carboxylic acid groups (broad SMARTS) is 1. The number of nitrogens with zero attached hydrogens (tertiary/aromatic N) is 2. The lowest BCUT2D eigenvalue weighted by molar-refractivity contribution is -0.0707. The Balaban J connectivity index is 2.04. The predicted molar refractivity (Wildman–Crippen MR) is 145 cm³/mol. The number of halogens is 2. The van der Waals surface area contributed by atoms with E-state index in [0.29, 0.717) is 15.8 Å². The molecule has 0 bridgehead atoms. The van der Waals surface area contributed by atoms with E-state index in [2.05, 4.69) is 0 Å². The highest BCUT2D eigenvalue weighted by atomic mass is 35.5. The van der Waals surface area contributed by atoms with Crippen LogP contribution in [-0.4, -0.2) is 74.0 Å². The second-order valence-electron chi connectivity index (χ2n) is 10.4. The molecule has 1 N–H and O–H groups in total. The van der Waals surface area contributed by atoms with Crippen LogP contribution >= 0.6 is 23.2 Å². The molecule has 11 heteroatoms. The molecule has 0 radical (unpaired) electrons. The van der Waals surface area contributed by atoms with Crippen molar-refractivity contribution in [2.75, 3.05) is 33.0 Å². The summed E-state index contributed by atoms with van der Waals surface area (Å²) in [7, 11) is -2.08. The lowest BCUT2D eigenvalue weighted by Gasteiger charge is -2.35. The number of sulfonamides is 1. The molecule has 0 saturated carbocycles. The fourth-order valence-corrected chi connectivity index (χ4v) is 5.41. The van der Waals surface area contributed by atoms with E-state index in [9.17, 15) is 18.3 Å². The summed E-state index contributed by atoms with van der Waals surface area (Å²) in [6.07, 6.45) is -1.03. The first-order valence-corrected chi connectivity index (χ1v) is 14.5. The molecule has 37 heavy (non-hydrogen) atoms. The van der Waals surface area contributed by atoms with E-state index < -0.39 is 39.7 Å². The van der Waals surface area contributed by atoms with Gasteiger partial charge in [0.25, 0.3) is 0 Å². The molecule has 1 fully saturated rings. The molecular formula is C26H34Cl2N2O6S. The molecular weight excluding hydrogens is 539 g/mol. The Morgan fingerprint density at radius 2 is 1.78 bits per heavy atom. The van der Waals surface area contributed by atoms with Gasteiger partial charge in [-0.25, -0.2) is 13.2 Å². The van der Waals surface area contributed by atoms with E-state index in [4.69, 9.17) is 32.7 Å². The highest BCUT2D eigenvalue weighted by Gasteiger charge is 2.41. The maximum atomic E-state index is 12.9. The smallest absolute Gasteiger partial charge is 0.407 e. The summed E-state index contributed by atoms with van der Waals surface area (Å²) in [5.74, 6) is 0.182. The first kappa shape index (κ1) is 29.5. The average molecular weight is 574 g/mol. The third kappa shape index (κ3) is 7.74. The molecule has 3 rings (SSSR count). The Bertz CT molecular complexity index is 1200.